The van der Waals surface area contributed by atoms with E-state index in [0.717, 1.165) is 17.5 Å². The van der Waals surface area contributed by atoms with Gasteiger partial charge in [-0.15, -0.1) is 0 Å². The summed E-state index contributed by atoms with van der Waals surface area (Å²) in [6, 6.07) is 7.79. The van der Waals surface area contributed by atoms with Gasteiger partial charge in [0.1, 0.15) is 6.29 Å². The summed E-state index contributed by atoms with van der Waals surface area (Å²) >= 11 is 0. The predicted octanol–water partition coefficient (Wildman–Crippen LogP) is 2.75. The third-order valence-electron chi connectivity index (χ3n) is 3.53. The van der Waals surface area contributed by atoms with Crippen molar-refractivity contribution in [2.75, 3.05) is 4.90 Å². The molecule has 96 valence electrons. The molecule has 0 fully saturated rings. The number of carbonyl (C=O) groups is 2. The van der Waals surface area contributed by atoms with E-state index in [-0.39, 0.29) is 23.8 Å². The Morgan fingerprint density at radius 3 is 2.67 bits per heavy atom. The predicted molar refractivity (Wildman–Crippen MR) is 71.7 cm³/mol. The largest absolute Gasteiger partial charge is 0.309 e. The summed E-state index contributed by atoms with van der Waals surface area (Å²) in [5.41, 5.74) is 1.87. The van der Waals surface area contributed by atoms with Gasteiger partial charge in [-0.25, -0.2) is 0 Å². The molecule has 0 saturated carbocycles. The number of benzene rings is 1. The van der Waals surface area contributed by atoms with E-state index in [4.69, 9.17) is 0 Å². The maximum atomic E-state index is 12.3. The van der Waals surface area contributed by atoms with Crippen LogP contribution in [0, 0.1) is 5.92 Å². The molecule has 2 rings (SSSR count). The lowest BCUT2D eigenvalue weighted by Crippen LogP contribution is -2.45. The van der Waals surface area contributed by atoms with Crippen LogP contribution in [0.4, 0.5) is 5.69 Å². The molecule has 3 nitrogen and oxygen atoms in total. The molecule has 1 heterocycles. The normalized spacial score (nSPS) is 22.8. The van der Waals surface area contributed by atoms with Gasteiger partial charge in [-0.05, 0) is 25.0 Å². The Bertz CT molecular complexity index is 467. The minimum atomic E-state index is -0.0904. The smallest absolute Gasteiger partial charge is 0.229 e. The highest BCUT2D eigenvalue weighted by Gasteiger charge is 2.33. The standard InChI is InChI=1S/C15H19NO2/c1-10(2)15(18)16-11(3)8-12(9-17)13-6-4-5-7-14(13)16/h4-7,9-12H,8H2,1-3H3. The van der Waals surface area contributed by atoms with Crippen LogP contribution in [-0.4, -0.2) is 18.2 Å². The molecule has 18 heavy (non-hydrogen) atoms. The van der Waals surface area contributed by atoms with Crippen LogP contribution < -0.4 is 4.90 Å². The summed E-state index contributed by atoms with van der Waals surface area (Å²) in [5, 5.41) is 0. The third kappa shape index (κ3) is 2.05. The van der Waals surface area contributed by atoms with E-state index in [1.165, 1.54) is 0 Å². The van der Waals surface area contributed by atoms with E-state index in [0.29, 0.717) is 6.42 Å². The SMILES string of the molecule is CC(C)C(=O)N1c2ccccc2C(C=O)CC1C. The number of aldehydes is 1. The molecule has 2 atom stereocenters. The summed E-state index contributed by atoms with van der Waals surface area (Å²) in [6.45, 7) is 5.82. The van der Waals surface area contributed by atoms with Gasteiger partial charge in [0.25, 0.3) is 0 Å². The first-order chi connectivity index (χ1) is 8.56. The molecule has 0 saturated heterocycles. The number of anilines is 1. The first-order valence-electron chi connectivity index (χ1n) is 6.43. The molecule has 1 aromatic carbocycles. The van der Waals surface area contributed by atoms with Crippen LogP contribution in [0.15, 0.2) is 24.3 Å². The molecule has 1 aliphatic heterocycles. The topological polar surface area (TPSA) is 37.4 Å². The number of carbonyl (C=O) groups excluding carboxylic acids is 2. The molecule has 0 radical (unpaired) electrons. The third-order valence-corrected chi connectivity index (χ3v) is 3.53. The second kappa shape index (κ2) is 4.92. The lowest BCUT2D eigenvalue weighted by atomic mass is 9.86. The van der Waals surface area contributed by atoms with Crippen molar-refractivity contribution in [2.45, 2.75) is 39.2 Å². The zero-order valence-electron chi connectivity index (χ0n) is 11.1. The highest BCUT2D eigenvalue weighted by atomic mass is 16.2. The van der Waals surface area contributed by atoms with Gasteiger partial charge < -0.3 is 9.69 Å². The van der Waals surface area contributed by atoms with Crippen LogP contribution in [0.1, 0.15) is 38.7 Å². The molecule has 0 aliphatic carbocycles. The molecule has 2 unspecified atom stereocenters. The fourth-order valence-electron chi connectivity index (χ4n) is 2.60. The van der Waals surface area contributed by atoms with E-state index in [1.54, 1.807) is 0 Å². The van der Waals surface area contributed by atoms with Crippen molar-refractivity contribution in [1.82, 2.24) is 0 Å². The average Bonchev–Trinajstić information content (AvgIpc) is 2.37. The van der Waals surface area contributed by atoms with Crippen LogP contribution >= 0.6 is 0 Å². The van der Waals surface area contributed by atoms with Crippen molar-refractivity contribution in [3.8, 4) is 0 Å². The van der Waals surface area contributed by atoms with Gasteiger partial charge in [0.05, 0.1) is 0 Å². The second-order valence-corrected chi connectivity index (χ2v) is 5.25. The molecule has 3 heteroatoms. The summed E-state index contributed by atoms with van der Waals surface area (Å²) in [7, 11) is 0. The van der Waals surface area contributed by atoms with Crippen molar-refractivity contribution in [3.63, 3.8) is 0 Å². The Kier molecular flexibility index (Phi) is 3.50. The van der Waals surface area contributed by atoms with Gasteiger partial charge in [-0.1, -0.05) is 32.0 Å². The number of nitrogens with zero attached hydrogens (tertiary/aromatic N) is 1. The second-order valence-electron chi connectivity index (χ2n) is 5.25. The Morgan fingerprint density at radius 1 is 1.39 bits per heavy atom. The zero-order chi connectivity index (χ0) is 13.3. The maximum absolute atomic E-state index is 12.3. The van der Waals surface area contributed by atoms with Crippen molar-refractivity contribution in [3.05, 3.63) is 29.8 Å². The average molecular weight is 245 g/mol. The number of hydrogen-bond acceptors (Lipinski definition) is 2. The quantitative estimate of drug-likeness (QED) is 0.751. The molecule has 0 N–H and O–H groups in total. The summed E-state index contributed by atoms with van der Waals surface area (Å²) in [6.07, 6.45) is 1.70. The first-order valence-corrected chi connectivity index (χ1v) is 6.43. The van der Waals surface area contributed by atoms with Gasteiger partial charge in [-0.3, -0.25) is 4.79 Å². The Morgan fingerprint density at radius 2 is 2.06 bits per heavy atom. The Balaban J connectivity index is 2.49. The van der Waals surface area contributed by atoms with Crippen LogP contribution in [0.2, 0.25) is 0 Å². The van der Waals surface area contributed by atoms with Gasteiger partial charge in [0.15, 0.2) is 0 Å². The number of fused-ring (bicyclic) bond motifs is 1. The van der Waals surface area contributed by atoms with Crippen molar-refractivity contribution < 1.29 is 9.59 Å². The number of hydrogen-bond donors (Lipinski definition) is 0. The lowest BCUT2D eigenvalue weighted by Gasteiger charge is -2.38. The summed E-state index contributed by atoms with van der Waals surface area (Å²) in [5.74, 6) is -0.00000142. The molecular weight excluding hydrogens is 226 g/mol. The lowest BCUT2D eigenvalue weighted by molar-refractivity contribution is -0.122. The highest BCUT2D eigenvalue weighted by Crippen LogP contribution is 2.37. The fourth-order valence-corrected chi connectivity index (χ4v) is 2.60. The molecule has 0 spiro atoms. The first kappa shape index (κ1) is 12.8. The maximum Gasteiger partial charge on any atom is 0.229 e. The highest BCUT2D eigenvalue weighted by molar-refractivity contribution is 5.97. The monoisotopic (exact) mass is 245 g/mol. The van der Waals surface area contributed by atoms with Gasteiger partial charge in [0, 0.05) is 23.6 Å². The number of amides is 1. The number of rotatable bonds is 2. The van der Waals surface area contributed by atoms with Crippen LogP contribution in [0.3, 0.4) is 0 Å². The van der Waals surface area contributed by atoms with Crippen LogP contribution in [-0.2, 0) is 9.59 Å². The molecule has 1 aromatic rings. The van der Waals surface area contributed by atoms with Crippen molar-refractivity contribution >= 4 is 17.9 Å². The summed E-state index contributed by atoms with van der Waals surface area (Å²) < 4.78 is 0. The van der Waals surface area contributed by atoms with E-state index in [2.05, 4.69) is 0 Å². The molecule has 0 bridgehead atoms. The van der Waals surface area contributed by atoms with Crippen LogP contribution in [0.5, 0.6) is 0 Å². The van der Waals surface area contributed by atoms with Gasteiger partial charge in [-0.2, -0.15) is 0 Å². The van der Waals surface area contributed by atoms with Gasteiger partial charge >= 0.3 is 0 Å². The number of para-hydroxylation sites is 1. The van der Waals surface area contributed by atoms with E-state index < -0.39 is 0 Å². The molecule has 0 aromatic heterocycles. The molecule has 1 aliphatic rings. The van der Waals surface area contributed by atoms with Crippen molar-refractivity contribution in [2.24, 2.45) is 5.92 Å². The van der Waals surface area contributed by atoms with Crippen LogP contribution in [0.25, 0.3) is 0 Å². The Hall–Kier alpha value is -1.64. The van der Waals surface area contributed by atoms with E-state index in [9.17, 15) is 9.59 Å². The zero-order valence-corrected chi connectivity index (χ0v) is 11.1. The Labute approximate surface area is 108 Å². The van der Waals surface area contributed by atoms with Gasteiger partial charge in [0.2, 0.25) is 5.91 Å². The fraction of sp³-hybridized carbons (Fsp3) is 0.467. The molecule has 1 amide bonds. The minimum Gasteiger partial charge on any atom is -0.309 e. The van der Waals surface area contributed by atoms with Crippen molar-refractivity contribution in [1.29, 1.82) is 0 Å². The van der Waals surface area contributed by atoms with E-state index in [1.807, 2.05) is 49.9 Å². The van der Waals surface area contributed by atoms with E-state index >= 15 is 0 Å². The molecular formula is C15H19NO2. The minimum absolute atomic E-state index is 0.0340. The summed E-state index contributed by atoms with van der Waals surface area (Å²) in [4.78, 5) is 25.3.